The normalized spacial score (nSPS) is 39.1. The smallest absolute Gasteiger partial charge is 0.152 e. The van der Waals surface area contributed by atoms with Crippen molar-refractivity contribution in [2.75, 3.05) is 31.1 Å². The molecule has 0 spiro atoms. The second kappa shape index (κ2) is 4.86. The number of rotatable bonds is 2. The van der Waals surface area contributed by atoms with Crippen LogP contribution in [0.1, 0.15) is 32.6 Å². The van der Waals surface area contributed by atoms with Crippen molar-refractivity contribution in [2.24, 2.45) is 5.92 Å². The monoisotopic (exact) mass is 261 g/mol. The van der Waals surface area contributed by atoms with Crippen LogP contribution < -0.4 is 0 Å². The molecule has 1 saturated carbocycles. The number of hydrogen-bond acceptors (Lipinski definition) is 4. The van der Waals surface area contributed by atoms with Crippen molar-refractivity contribution in [1.82, 2.24) is 4.90 Å². The molecule has 2 rings (SSSR count). The third kappa shape index (κ3) is 3.66. The molecule has 1 saturated heterocycles. The number of sulfone groups is 1. The number of aliphatic hydroxyl groups is 1. The van der Waals surface area contributed by atoms with E-state index in [1.165, 1.54) is 0 Å². The van der Waals surface area contributed by atoms with Gasteiger partial charge in [-0.15, -0.1) is 0 Å². The van der Waals surface area contributed by atoms with Crippen LogP contribution in [0.25, 0.3) is 0 Å². The molecular weight excluding hydrogens is 238 g/mol. The van der Waals surface area contributed by atoms with Gasteiger partial charge in [0.25, 0.3) is 0 Å². The van der Waals surface area contributed by atoms with Gasteiger partial charge in [-0.2, -0.15) is 0 Å². The van der Waals surface area contributed by atoms with Crippen LogP contribution in [-0.4, -0.2) is 55.2 Å². The first-order valence-corrected chi connectivity index (χ1v) is 8.36. The Morgan fingerprint density at radius 1 is 1.24 bits per heavy atom. The van der Waals surface area contributed by atoms with E-state index in [1.807, 2.05) is 0 Å². The Labute approximate surface area is 104 Å². The van der Waals surface area contributed by atoms with Gasteiger partial charge in [-0.05, 0) is 31.6 Å². The second-order valence-electron chi connectivity index (χ2n) is 5.83. The Bertz CT molecular complexity index is 344. The van der Waals surface area contributed by atoms with E-state index in [2.05, 4.69) is 11.8 Å². The molecule has 17 heavy (non-hydrogen) atoms. The molecule has 1 N–H and O–H groups in total. The van der Waals surface area contributed by atoms with Gasteiger partial charge in [0.2, 0.25) is 0 Å². The third-order valence-corrected chi connectivity index (χ3v) is 5.77. The molecule has 1 aliphatic heterocycles. The molecule has 0 atom stereocenters. The van der Waals surface area contributed by atoms with Gasteiger partial charge in [-0.25, -0.2) is 8.42 Å². The molecule has 0 amide bonds. The lowest BCUT2D eigenvalue weighted by Crippen LogP contribution is -2.50. The van der Waals surface area contributed by atoms with E-state index >= 15 is 0 Å². The first-order chi connectivity index (χ1) is 7.89. The van der Waals surface area contributed by atoms with Gasteiger partial charge in [0.15, 0.2) is 9.84 Å². The Morgan fingerprint density at radius 2 is 1.76 bits per heavy atom. The molecular formula is C12H23NO3S. The van der Waals surface area contributed by atoms with Gasteiger partial charge in [0.05, 0.1) is 17.1 Å². The molecule has 0 unspecified atom stereocenters. The van der Waals surface area contributed by atoms with Crippen LogP contribution in [0.15, 0.2) is 0 Å². The van der Waals surface area contributed by atoms with Crippen molar-refractivity contribution < 1.29 is 13.5 Å². The van der Waals surface area contributed by atoms with E-state index in [-0.39, 0.29) is 11.5 Å². The lowest BCUT2D eigenvalue weighted by atomic mass is 9.79. The van der Waals surface area contributed by atoms with Gasteiger partial charge < -0.3 is 5.11 Å². The van der Waals surface area contributed by atoms with Crippen LogP contribution >= 0.6 is 0 Å². The van der Waals surface area contributed by atoms with Crippen molar-refractivity contribution in [1.29, 1.82) is 0 Å². The zero-order valence-corrected chi connectivity index (χ0v) is 11.4. The third-order valence-electron chi connectivity index (χ3n) is 4.16. The number of β-amino-alcohol motifs (C(OH)–C–C–N with tert-alkyl or cyclic N) is 1. The van der Waals surface area contributed by atoms with Gasteiger partial charge in [-0.1, -0.05) is 6.92 Å². The predicted molar refractivity (Wildman–Crippen MR) is 67.7 cm³/mol. The summed E-state index contributed by atoms with van der Waals surface area (Å²) >= 11 is 0. The standard InChI is InChI=1S/C12H23NO3S/c1-11-2-4-12(14,5-3-11)10-13-6-8-17(15,16)9-7-13/h11,14H,2-10H2,1H3. The summed E-state index contributed by atoms with van der Waals surface area (Å²) in [5, 5.41) is 10.5. The van der Waals surface area contributed by atoms with Gasteiger partial charge in [0.1, 0.15) is 0 Å². The molecule has 1 heterocycles. The number of hydrogen-bond donors (Lipinski definition) is 1. The Balaban J connectivity index is 1.85. The summed E-state index contributed by atoms with van der Waals surface area (Å²) in [5.41, 5.74) is -0.576. The molecule has 1 aliphatic carbocycles. The SMILES string of the molecule is CC1CCC(O)(CN2CCS(=O)(=O)CC2)CC1. The van der Waals surface area contributed by atoms with E-state index < -0.39 is 15.4 Å². The Kier molecular flexibility index (Phi) is 3.80. The molecule has 2 aliphatic rings. The highest BCUT2D eigenvalue weighted by Gasteiger charge is 2.35. The summed E-state index contributed by atoms with van der Waals surface area (Å²) in [7, 11) is -2.81. The maximum Gasteiger partial charge on any atom is 0.152 e. The molecule has 0 radical (unpaired) electrons. The molecule has 0 aromatic rings. The van der Waals surface area contributed by atoms with Crippen molar-refractivity contribution >= 4 is 9.84 Å². The van der Waals surface area contributed by atoms with Gasteiger partial charge >= 0.3 is 0 Å². The summed E-state index contributed by atoms with van der Waals surface area (Å²) in [6.07, 6.45) is 3.89. The molecule has 5 heteroatoms. The average Bonchev–Trinajstić information content (AvgIpc) is 2.26. The zero-order valence-electron chi connectivity index (χ0n) is 10.6. The molecule has 0 aromatic carbocycles. The zero-order chi connectivity index (χ0) is 12.5. The highest BCUT2D eigenvalue weighted by molar-refractivity contribution is 7.91. The van der Waals surface area contributed by atoms with E-state index in [4.69, 9.17) is 0 Å². The van der Waals surface area contributed by atoms with Crippen molar-refractivity contribution in [3.05, 3.63) is 0 Å². The van der Waals surface area contributed by atoms with Crippen LogP contribution in [-0.2, 0) is 9.84 Å². The maximum atomic E-state index is 11.3. The summed E-state index contributed by atoms with van der Waals surface area (Å²) in [6.45, 7) is 4.04. The van der Waals surface area contributed by atoms with E-state index in [0.717, 1.165) is 31.6 Å². The van der Waals surface area contributed by atoms with Crippen molar-refractivity contribution in [3.8, 4) is 0 Å². The summed E-state index contributed by atoms with van der Waals surface area (Å²) in [5.74, 6) is 1.22. The molecule has 2 fully saturated rings. The molecule has 0 aromatic heterocycles. The van der Waals surface area contributed by atoms with E-state index in [9.17, 15) is 13.5 Å². The Morgan fingerprint density at radius 3 is 2.29 bits per heavy atom. The minimum absolute atomic E-state index is 0.249. The highest BCUT2D eigenvalue weighted by Crippen LogP contribution is 2.32. The second-order valence-corrected chi connectivity index (χ2v) is 8.14. The van der Waals surface area contributed by atoms with Crippen LogP contribution in [0.5, 0.6) is 0 Å². The lowest BCUT2D eigenvalue weighted by Gasteiger charge is -2.39. The molecule has 4 nitrogen and oxygen atoms in total. The fourth-order valence-electron chi connectivity index (χ4n) is 2.78. The summed E-state index contributed by atoms with van der Waals surface area (Å²) in [4.78, 5) is 2.11. The van der Waals surface area contributed by atoms with Crippen molar-refractivity contribution in [3.63, 3.8) is 0 Å². The summed E-state index contributed by atoms with van der Waals surface area (Å²) < 4.78 is 22.6. The van der Waals surface area contributed by atoms with E-state index in [0.29, 0.717) is 19.6 Å². The summed E-state index contributed by atoms with van der Waals surface area (Å²) in [6, 6.07) is 0. The average molecular weight is 261 g/mol. The minimum Gasteiger partial charge on any atom is -0.389 e. The fraction of sp³-hybridized carbons (Fsp3) is 1.00. The van der Waals surface area contributed by atoms with Crippen molar-refractivity contribution in [2.45, 2.75) is 38.2 Å². The number of nitrogens with zero attached hydrogens (tertiary/aromatic N) is 1. The lowest BCUT2D eigenvalue weighted by molar-refractivity contribution is -0.0334. The van der Waals surface area contributed by atoms with E-state index in [1.54, 1.807) is 0 Å². The van der Waals surface area contributed by atoms with Crippen LogP contribution in [0.4, 0.5) is 0 Å². The van der Waals surface area contributed by atoms with Crippen LogP contribution in [0.3, 0.4) is 0 Å². The molecule has 0 bridgehead atoms. The fourth-order valence-corrected chi connectivity index (χ4v) is 4.06. The van der Waals surface area contributed by atoms with Crippen LogP contribution in [0.2, 0.25) is 0 Å². The quantitative estimate of drug-likeness (QED) is 0.793. The highest BCUT2D eigenvalue weighted by atomic mass is 32.2. The maximum absolute atomic E-state index is 11.3. The van der Waals surface area contributed by atoms with Crippen LogP contribution in [0, 0.1) is 5.92 Å². The van der Waals surface area contributed by atoms with Gasteiger partial charge in [0, 0.05) is 19.6 Å². The Hall–Kier alpha value is -0.130. The predicted octanol–water partition coefficient (Wildman–Crippen LogP) is 0.658. The largest absolute Gasteiger partial charge is 0.389 e. The first-order valence-electron chi connectivity index (χ1n) is 6.54. The topological polar surface area (TPSA) is 57.6 Å². The first kappa shape index (κ1) is 13.3. The van der Waals surface area contributed by atoms with Gasteiger partial charge in [-0.3, -0.25) is 4.90 Å². The minimum atomic E-state index is -2.81. The molecule has 100 valence electrons.